The molecule has 0 spiro atoms. The largest absolute Gasteiger partial charge is 0.378 e. The van der Waals surface area contributed by atoms with Gasteiger partial charge in [-0.2, -0.15) is 0 Å². The van der Waals surface area contributed by atoms with Crippen LogP contribution in [0.2, 0.25) is 0 Å². The Morgan fingerprint density at radius 1 is 1.08 bits per heavy atom. The minimum atomic E-state index is 0.547. The van der Waals surface area contributed by atoms with E-state index in [0.29, 0.717) is 5.92 Å². The van der Waals surface area contributed by atoms with Gasteiger partial charge in [0.15, 0.2) is 0 Å². The van der Waals surface area contributed by atoms with Crippen molar-refractivity contribution in [1.82, 2.24) is 9.97 Å². The lowest BCUT2D eigenvalue weighted by Crippen LogP contribution is -2.36. The van der Waals surface area contributed by atoms with Crippen LogP contribution in [0.15, 0.2) is 36.0 Å². The maximum absolute atomic E-state index is 5.48. The fourth-order valence-electron chi connectivity index (χ4n) is 3.13. The molecule has 0 radical (unpaired) electrons. The number of hydrogen-bond acceptors (Lipinski definition) is 5. The van der Waals surface area contributed by atoms with Crippen LogP contribution in [0.3, 0.4) is 0 Å². The molecule has 3 aromatic rings. The van der Waals surface area contributed by atoms with Crippen molar-refractivity contribution >= 4 is 27.4 Å². The van der Waals surface area contributed by atoms with Gasteiger partial charge in [-0.25, -0.2) is 9.97 Å². The van der Waals surface area contributed by atoms with E-state index in [0.717, 1.165) is 37.0 Å². The maximum Gasteiger partial charge on any atom is 0.141 e. The number of aromatic nitrogens is 2. The Balaban J connectivity index is 1.81. The Bertz CT molecular complexity index is 835. The first-order valence-corrected chi connectivity index (χ1v) is 9.27. The standard InChI is InChI=1S/C19H21N3OS/c1-13(2)14-3-5-15(6-4-14)16-11-24-19-17(16)18(20-12-21-19)22-7-9-23-10-8-22/h3-6,11-13H,7-10H2,1-2H3. The summed E-state index contributed by atoms with van der Waals surface area (Å²) in [6, 6.07) is 8.88. The van der Waals surface area contributed by atoms with Gasteiger partial charge in [-0.1, -0.05) is 38.1 Å². The van der Waals surface area contributed by atoms with Crippen LogP contribution in [0.5, 0.6) is 0 Å². The third-order valence-corrected chi connectivity index (χ3v) is 5.44. The smallest absolute Gasteiger partial charge is 0.141 e. The Morgan fingerprint density at radius 2 is 1.83 bits per heavy atom. The highest BCUT2D eigenvalue weighted by Gasteiger charge is 2.19. The van der Waals surface area contributed by atoms with Crippen LogP contribution in [-0.4, -0.2) is 36.3 Å². The molecule has 0 amide bonds. The van der Waals surface area contributed by atoms with Crippen LogP contribution in [0.4, 0.5) is 5.82 Å². The van der Waals surface area contributed by atoms with E-state index in [1.54, 1.807) is 17.7 Å². The lowest BCUT2D eigenvalue weighted by Gasteiger charge is -2.28. The predicted molar refractivity (Wildman–Crippen MR) is 100.0 cm³/mol. The SMILES string of the molecule is CC(C)c1ccc(-c2csc3ncnc(N4CCOCC4)c23)cc1. The van der Waals surface area contributed by atoms with Crippen molar-refractivity contribution in [2.45, 2.75) is 19.8 Å². The highest BCUT2D eigenvalue weighted by molar-refractivity contribution is 7.17. The van der Waals surface area contributed by atoms with Crippen molar-refractivity contribution in [3.8, 4) is 11.1 Å². The molecule has 0 unspecified atom stereocenters. The molecule has 2 aromatic heterocycles. The summed E-state index contributed by atoms with van der Waals surface area (Å²) in [5, 5.41) is 3.37. The van der Waals surface area contributed by atoms with Gasteiger partial charge < -0.3 is 9.64 Å². The zero-order valence-corrected chi connectivity index (χ0v) is 14.8. The van der Waals surface area contributed by atoms with E-state index >= 15 is 0 Å². The molecule has 1 aromatic carbocycles. The molecule has 1 saturated heterocycles. The van der Waals surface area contributed by atoms with Crippen LogP contribution in [0.25, 0.3) is 21.3 Å². The number of ether oxygens (including phenoxy) is 1. The van der Waals surface area contributed by atoms with Crippen molar-refractivity contribution < 1.29 is 4.74 Å². The molecule has 0 N–H and O–H groups in total. The summed E-state index contributed by atoms with van der Waals surface area (Å²) in [5.41, 5.74) is 3.82. The van der Waals surface area contributed by atoms with E-state index in [9.17, 15) is 0 Å². The number of rotatable bonds is 3. The summed E-state index contributed by atoms with van der Waals surface area (Å²) in [7, 11) is 0. The summed E-state index contributed by atoms with van der Waals surface area (Å²) >= 11 is 1.69. The number of benzene rings is 1. The first kappa shape index (κ1) is 15.5. The van der Waals surface area contributed by atoms with Crippen LogP contribution in [-0.2, 0) is 4.74 Å². The predicted octanol–water partition coefficient (Wildman–Crippen LogP) is 4.32. The first-order valence-electron chi connectivity index (χ1n) is 8.39. The average Bonchev–Trinajstić information content (AvgIpc) is 3.06. The first-order chi connectivity index (χ1) is 11.7. The molecular weight excluding hydrogens is 318 g/mol. The maximum atomic E-state index is 5.48. The van der Waals surface area contributed by atoms with Crippen molar-refractivity contribution in [1.29, 1.82) is 0 Å². The van der Waals surface area contributed by atoms with Gasteiger partial charge in [0.05, 0.1) is 18.6 Å². The van der Waals surface area contributed by atoms with Crippen molar-refractivity contribution in [2.24, 2.45) is 0 Å². The van der Waals surface area contributed by atoms with Crippen molar-refractivity contribution in [2.75, 3.05) is 31.2 Å². The third-order valence-electron chi connectivity index (χ3n) is 4.55. The summed E-state index contributed by atoms with van der Waals surface area (Å²) < 4.78 is 5.48. The third kappa shape index (κ3) is 2.78. The summed E-state index contributed by atoms with van der Waals surface area (Å²) in [4.78, 5) is 12.4. The number of hydrogen-bond donors (Lipinski definition) is 0. The van der Waals surface area contributed by atoms with Gasteiger partial charge in [-0.05, 0) is 17.0 Å². The Morgan fingerprint density at radius 3 is 2.54 bits per heavy atom. The van der Waals surface area contributed by atoms with Gasteiger partial charge in [-0.15, -0.1) is 11.3 Å². The fraction of sp³-hybridized carbons (Fsp3) is 0.368. The molecule has 1 aliphatic heterocycles. The van der Waals surface area contributed by atoms with Gasteiger partial charge >= 0.3 is 0 Å². The number of anilines is 1. The topological polar surface area (TPSA) is 38.2 Å². The molecule has 24 heavy (non-hydrogen) atoms. The quantitative estimate of drug-likeness (QED) is 0.712. The summed E-state index contributed by atoms with van der Waals surface area (Å²) in [5.74, 6) is 1.58. The lowest BCUT2D eigenvalue weighted by atomic mass is 9.99. The minimum Gasteiger partial charge on any atom is -0.378 e. The van der Waals surface area contributed by atoms with Gasteiger partial charge in [0.1, 0.15) is 17.0 Å². The van der Waals surface area contributed by atoms with Gasteiger partial charge in [-0.3, -0.25) is 0 Å². The average molecular weight is 339 g/mol. The molecule has 4 nitrogen and oxygen atoms in total. The molecule has 4 rings (SSSR count). The molecule has 124 valence electrons. The fourth-order valence-corrected chi connectivity index (χ4v) is 4.04. The highest BCUT2D eigenvalue weighted by atomic mass is 32.1. The van der Waals surface area contributed by atoms with E-state index in [-0.39, 0.29) is 0 Å². The van der Waals surface area contributed by atoms with E-state index < -0.39 is 0 Å². The molecule has 0 aliphatic carbocycles. The minimum absolute atomic E-state index is 0.547. The van der Waals surface area contributed by atoms with Crippen LogP contribution in [0.1, 0.15) is 25.3 Å². The van der Waals surface area contributed by atoms with Crippen molar-refractivity contribution in [3.05, 3.63) is 41.5 Å². The van der Waals surface area contributed by atoms with E-state index in [1.807, 2.05) is 0 Å². The second-order valence-electron chi connectivity index (χ2n) is 6.40. The van der Waals surface area contributed by atoms with Crippen LogP contribution < -0.4 is 4.90 Å². The molecule has 0 bridgehead atoms. The molecular formula is C19H21N3OS. The Kier molecular flexibility index (Phi) is 4.21. The number of nitrogens with zero attached hydrogens (tertiary/aromatic N) is 3. The normalized spacial score (nSPS) is 15.4. The van der Waals surface area contributed by atoms with Gasteiger partial charge in [0.25, 0.3) is 0 Å². The van der Waals surface area contributed by atoms with E-state index in [2.05, 4.69) is 58.4 Å². The Hall–Kier alpha value is -1.98. The summed E-state index contributed by atoms with van der Waals surface area (Å²) in [6.07, 6.45) is 1.68. The molecule has 1 fully saturated rings. The zero-order chi connectivity index (χ0) is 16.5. The Labute approximate surface area is 146 Å². The van der Waals surface area contributed by atoms with E-state index in [1.165, 1.54) is 22.1 Å². The van der Waals surface area contributed by atoms with Gasteiger partial charge in [0, 0.05) is 24.0 Å². The zero-order valence-electron chi connectivity index (χ0n) is 14.0. The molecule has 3 heterocycles. The van der Waals surface area contributed by atoms with Crippen LogP contribution >= 0.6 is 11.3 Å². The second kappa shape index (κ2) is 6.49. The van der Waals surface area contributed by atoms with Gasteiger partial charge in [0.2, 0.25) is 0 Å². The monoisotopic (exact) mass is 339 g/mol. The second-order valence-corrected chi connectivity index (χ2v) is 7.26. The number of morpholine rings is 1. The number of fused-ring (bicyclic) bond motifs is 1. The molecule has 0 saturated carbocycles. The van der Waals surface area contributed by atoms with E-state index in [4.69, 9.17) is 4.74 Å². The molecule has 1 aliphatic rings. The molecule has 0 atom stereocenters. The highest BCUT2D eigenvalue weighted by Crippen LogP contribution is 2.38. The molecule has 5 heteroatoms. The van der Waals surface area contributed by atoms with Crippen LogP contribution in [0, 0.1) is 0 Å². The van der Waals surface area contributed by atoms with Crippen molar-refractivity contribution in [3.63, 3.8) is 0 Å². The lowest BCUT2D eigenvalue weighted by molar-refractivity contribution is 0.122. The summed E-state index contributed by atoms with van der Waals surface area (Å²) in [6.45, 7) is 7.72. The number of thiophene rings is 1.